The summed E-state index contributed by atoms with van der Waals surface area (Å²) in [6, 6.07) is 18.7. The zero-order valence-corrected chi connectivity index (χ0v) is 18.4. The molecule has 1 aliphatic heterocycles. The molecule has 0 spiro atoms. The number of aliphatic imine (C=N–C) groups is 1. The third-order valence-corrected chi connectivity index (χ3v) is 6.07. The number of hydrogen-bond acceptors (Lipinski definition) is 5. The summed E-state index contributed by atoms with van der Waals surface area (Å²) in [7, 11) is 1.27. The van der Waals surface area contributed by atoms with Crippen LogP contribution in [0.3, 0.4) is 0 Å². The zero-order valence-electron chi connectivity index (χ0n) is 18.4. The lowest BCUT2D eigenvalue weighted by Crippen LogP contribution is -2.51. The number of carbonyl (C=O) groups excluding carboxylic acids is 1. The molecule has 3 rings (SSSR count). The molecule has 0 saturated carbocycles. The van der Waals surface area contributed by atoms with Crippen LogP contribution < -0.4 is 0 Å². The maximum absolute atomic E-state index is 12.7. The summed E-state index contributed by atoms with van der Waals surface area (Å²) >= 11 is 0. The van der Waals surface area contributed by atoms with E-state index in [9.17, 15) is 20.0 Å². The Morgan fingerprint density at radius 1 is 1.19 bits per heavy atom. The normalized spacial score (nSPS) is 25.1. The predicted octanol–water partition coefficient (Wildman–Crippen LogP) is 4.47. The highest BCUT2D eigenvalue weighted by molar-refractivity contribution is 6.04. The first-order chi connectivity index (χ1) is 15.3. The number of nitrogens with zero attached hydrogens (tertiary/aromatic N) is 2. The van der Waals surface area contributed by atoms with Crippen molar-refractivity contribution in [3.63, 3.8) is 0 Å². The molecule has 0 radical (unpaired) electrons. The molecule has 1 N–H and O–H groups in total. The van der Waals surface area contributed by atoms with E-state index in [0.29, 0.717) is 23.3 Å². The molecule has 2 aromatic rings. The van der Waals surface area contributed by atoms with Crippen LogP contribution in [0.2, 0.25) is 0 Å². The smallest absolute Gasteiger partial charge is 0.315 e. The minimum absolute atomic E-state index is 0.342. The lowest BCUT2D eigenvalue weighted by molar-refractivity contribution is -0.149. The predicted molar refractivity (Wildman–Crippen MR) is 122 cm³/mol. The van der Waals surface area contributed by atoms with Crippen LogP contribution in [0.4, 0.5) is 0 Å². The van der Waals surface area contributed by atoms with Crippen molar-refractivity contribution in [2.45, 2.75) is 31.7 Å². The minimum atomic E-state index is -1.07. The Hall–Kier alpha value is -3.72. The number of methoxy groups -OCH3 is 1. The van der Waals surface area contributed by atoms with Gasteiger partial charge in [0, 0.05) is 11.6 Å². The van der Waals surface area contributed by atoms with Crippen molar-refractivity contribution in [1.82, 2.24) is 0 Å². The van der Waals surface area contributed by atoms with Gasteiger partial charge in [-0.25, -0.2) is 0 Å². The summed E-state index contributed by atoms with van der Waals surface area (Å²) in [6.07, 6.45) is 4.20. The summed E-state index contributed by atoms with van der Waals surface area (Å²) in [4.78, 5) is 30.1. The fourth-order valence-electron chi connectivity index (χ4n) is 4.66. The monoisotopic (exact) mass is 430 g/mol. The summed E-state index contributed by atoms with van der Waals surface area (Å²) in [5.74, 6) is -4.34. The van der Waals surface area contributed by atoms with Crippen molar-refractivity contribution in [3.05, 3.63) is 77.4 Å². The van der Waals surface area contributed by atoms with Crippen molar-refractivity contribution >= 4 is 23.7 Å². The first kappa shape index (κ1) is 23.0. The van der Waals surface area contributed by atoms with E-state index in [1.807, 2.05) is 42.5 Å². The Balaban J connectivity index is 2.13. The van der Waals surface area contributed by atoms with Crippen molar-refractivity contribution in [2.24, 2.45) is 16.8 Å². The van der Waals surface area contributed by atoms with Gasteiger partial charge < -0.3 is 9.84 Å². The first-order valence-corrected chi connectivity index (χ1v) is 10.4. The van der Waals surface area contributed by atoms with Crippen molar-refractivity contribution in [2.75, 3.05) is 7.11 Å². The van der Waals surface area contributed by atoms with Crippen molar-refractivity contribution in [3.8, 4) is 6.07 Å². The van der Waals surface area contributed by atoms with E-state index in [1.165, 1.54) is 7.11 Å². The van der Waals surface area contributed by atoms with Crippen LogP contribution in [0, 0.1) is 23.2 Å². The van der Waals surface area contributed by atoms with Gasteiger partial charge in [0.1, 0.15) is 5.92 Å². The van der Waals surface area contributed by atoms with Gasteiger partial charge in [-0.2, -0.15) is 5.26 Å². The van der Waals surface area contributed by atoms with Gasteiger partial charge in [-0.05, 0) is 37.5 Å². The second kappa shape index (κ2) is 9.61. The molecule has 0 saturated heterocycles. The van der Waals surface area contributed by atoms with Gasteiger partial charge in [-0.1, -0.05) is 60.7 Å². The summed E-state index contributed by atoms with van der Waals surface area (Å²) in [6.45, 7) is 3.51. The number of carbonyl (C=O) groups is 2. The average molecular weight is 431 g/mol. The maximum Gasteiger partial charge on any atom is 0.315 e. The van der Waals surface area contributed by atoms with Gasteiger partial charge in [0.05, 0.1) is 30.2 Å². The van der Waals surface area contributed by atoms with Crippen LogP contribution >= 0.6 is 0 Å². The second-order valence-corrected chi connectivity index (χ2v) is 8.17. The topological polar surface area (TPSA) is 99.8 Å². The highest BCUT2D eigenvalue weighted by atomic mass is 16.5. The molecule has 1 aliphatic rings. The molecule has 4 unspecified atom stereocenters. The summed E-state index contributed by atoms with van der Waals surface area (Å²) in [5, 5.41) is 20.0. The molecule has 0 amide bonds. The Morgan fingerprint density at radius 3 is 2.47 bits per heavy atom. The van der Waals surface area contributed by atoms with E-state index in [-0.39, 0.29) is 0 Å². The van der Waals surface area contributed by atoms with E-state index in [1.54, 1.807) is 38.1 Å². The average Bonchev–Trinajstić information content (AvgIpc) is 2.78. The quantitative estimate of drug-likeness (QED) is 0.682. The Morgan fingerprint density at radius 2 is 1.84 bits per heavy atom. The molecule has 6 heteroatoms. The number of hydrogen-bond donors (Lipinski definition) is 1. The largest absolute Gasteiger partial charge is 0.481 e. The van der Waals surface area contributed by atoms with Crippen LogP contribution in [0.5, 0.6) is 0 Å². The van der Waals surface area contributed by atoms with E-state index < -0.39 is 35.2 Å². The Bertz CT molecular complexity index is 1100. The highest BCUT2D eigenvalue weighted by Gasteiger charge is 2.53. The molecule has 2 aromatic carbocycles. The van der Waals surface area contributed by atoms with Crippen molar-refractivity contribution in [1.29, 1.82) is 5.26 Å². The first-order valence-electron chi connectivity index (χ1n) is 10.4. The molecule has 1 heterocycles. The van der Waals surface area contributed by atoms with Gasteiger partial charge in [-0.15, -0.1) is 0 Å². The third-order valence-electron chi connectivity index (χ3n) is 6.07. The zero-order chi connectivity index (χ0) is 23.3. The van der Waals surface area contributed by atoms with Crippen LogP contribution in [0.15, 0.2) is 65.7 Å². The van der Waals surface area contributed by atoms with Gasteiger partial charge >= 0.3 is 11.9 Å². The molecule has 6 nitrogen and oxygen atoms in total. The summed E-state index contributed by atoms with van der Waals surface area (Å²) < 4.78 is 5.01. The van der Waals surface area contributed by atoms with Gasteiger partial charge in [0.2, 0.25) is 0 Å². The fourth-order valence-corrected chi connectivity index (χ4v) is 4.66. The highest BCUT2D eigenvalue weighted by Crippen LogP contribution is 2.47. The molecule has 4 atom stereocenters. The number of rotatable bonds is 6. The third kappa shape index (κ3) is 4.47. The SMILES string of the molecule is COC(=O)C1C(C)=NC(C)(CC=Cc2ccccc2)C(C(=O)O)C1c1ccccc1C#N. The second-order valence-electron chi connectivity index (χ2n) is 8.17. The van der Waals surface area contributed by atoms with E-state index in [2.05, 4.69) is 6.07 Å². The van der Waals surface area contributed by atoms with E-state index in [4.69, 9.17) is 9.73 Å². The number of aliphatic carboxylic acids is 1. The number of ether oxygens (including phenoxy) is 1. The minimum Gasteiger partial charge on any atom is -0.481 e. The number of nitriles is 1. The molecule has 0 aliphatic carbocycles. The number of carboxylic acid groups (broad SMARTS) is 1. The molecule has 0 bridgehead atoms. The van der Waals surface area contributed by atoms with Crippen LogP contribution in [0.25, 0.3) is 6.08 Å². The Labute approximate surface area is 187 Å². The molecule has 164 valence electrons. The lowest BCUT2D eigenvalue weighted by atomic mass is 9.63. The number of esters is 1. The molecule has 0 fully saturated rings. The van der Waals surface area contributed by atoms with Crippen LogP contribution in [0.1, 0.15) is 42.9 Å². The standard InChI is InChI=1S/C26H26N2O4/c1-17-21(25(31)32-3)22(20-14-8-7-13-19(20)16-27)23(24(29)30)26(2,28-17)15-9-12-18-10-5-4-6-11-18/h4-14,21-23H,15H2,1-3H3,(H,29,30). The van der Waals surface area contributed by atoms with Gasteiger partial charge in [0.15, 0.2) is 0 Å². The molecular weight excluding hydrogens is 404 g/mol. The lowest BCUT2D eigenvalue weighted by Gasteiger charge is -2.44. The molecule has 32 heavy (non-hydrogen) atoms. The molecular formula is C26H26N2O4. The maximum atomic E-state index is 12.7. The molecule has 0 aromatic heterocycles. The number of carboxylic acids is 1. The van der Waals surface area contributed by atoms with Crippen LogP contribution in [-0.4, -0.2) is 35.4 Å². The summed E-state index contributed by atoms with van der Waals surface area (Å²) in [5.41, 5.74) is 1.35. The van der Waals surface area contributed by atoms with E-state index in [0.717, 1.165) is 5.56 Å². The van der Waals surface area contributed by atoms with Crippen molar-refractivity contribution < 1.29 is 19.4 Å². The fraction of sp³-hybridized carbons (Fsp3) is 0.308. The van der Waals surface area contributed by atoms with Gasteiger partial charge in [0.25, 0.3) is 0 Å². The van der Waals surface area contributed by atoms with Crippen LogP contribution in [-0.2, 0) is 14.3 Å². The van der Waals surface area contributed by atoms with E-state index >= 15 is 0 Å². The number of benzene rings is 2. The Kier molecular flexibility index (Phi) is 6.89. The van der Waals surface area contributed by atoms with Gasteiger partial charge in [-0.3, -0.25) is 14.6 Å².